The summed E-state index contributed by atoms with van der Waals surface area (Å²) in [4.78, 5) is 11.7. The maximum atomic E-state index is 11.1. The number of nitro benzene ring substituents is 1. The Balaban J connectivity index is 2.29. The first-order chi connectivity index (χ1) is 12.6. The van der Waals surface area contributed by atoms with E-state index in [1.165, 1.54) is 63.9 Å². The summed E-state index contributed by atoms with van der Waals surface area (Å²) in [5.41, 5.74) is 0.578. The Morgan fingerprint density at radius 2 is 1.62 bits per heavy atom. The Labute approximate surface area is 162 Å². The second-order valence-corrected chi connectivity index (χ2v) is 7.69. The molecule has 0 bridgehead atoms. The number of methoxy groups -OCH3 is 1. The highest BCUT2D eigenvalue weighted by molar-refractivity contribution is 7.99. The third kappa shape index (κ3) is 8.30. The first-order valence-corrected chi connectivity index (χ1v) is 10.8. The zero-order chi connectivity index (χ0) is 19.2. The molecule has 0 fully saturated rings. The molecule has 0 unspecified atom stereocenters. The number of ether oxygens (including phenoxy) is 1. The van der Waals surface area contributed by atoms with Crippen LogP contribution in [0.4, 0.5) is 11.4 Å². The highest BCUT2D eigenvalue weighted by Gasteiger charge is 2.18. The lowest BCUT2D eigenvalue weighted by Crippen LogP contribution is -1.99. The fourth-order valence-electron chi connectivity index (χ4n) is 2.94. The maximum absolute atomic E-state index is 11.1. The van der Waals surface area contributed by atoms with Gasteiger partial charge in [-0.25, -0.2) is 0 Å². The molecular weight excluding hydrogens is 348 g/mol. The molecule has 5 nitrogen and oxygen atoms in total. The van der Waals surface area contributed by atoms with Crippen molar-refractivity contribution in [1.29, 1.82) is 0 Å². The Bertz CT molecular complexity index is 538. The lowest BCUT2D eigenvalue weighted by atomic mass is 10.1. The first-order valence-electron chi connectivity index (χ1n) is 9.81. The van der Waals surface area contributed by atoms with Crippen molar-refractivity contribution in [2.75, 3.05) is 25.2 Å². The minimum Gasteiger partial charge on any atom is -0.495 e. The molecule has 0 aliphatic carbocycles. The predicted molar refractivity (Wildman–Crippen MR) is 112 cm³/mol. The van der Waals surface area contributed by atoms with Gasteiger partial charge in [0.2, 0.25) is 0 Å². The van der Waals surface area contributed by atoms with Gasteiger partial charge in [0.15, 0.2) is 0 Å². The number of rotatable bonds is 15. The summed E-state index contributed by atoms with van der Waals surface area (Å²) in [7, 11) is 3.26. The van der Waals surface area contributed by atoms with Gasteiger partial charge in [0.25, 0.3) is 5.69 Å². The molecule has 26 heavy (non-hydrogen) atoms. The lowest BCUT2D eigenvalue weighted by molar-refractivity contribution is -0.384. The number of nitrogens with one attached hydrogen (secondary N) is 1. The van der Waals surface area contributed by atoms with Crippen molar-refractivity contribution in [3.8, 4) is 5.75 Å². The molecule has 148 valence electrons. The molecule has 0 aliphatic rings. The van der Waals surface area contributed by atoms with E-state index in [1.807, 2.05) is 6.07 Å². The van der Waals surface area contributed by atoms with Gasteiger partial charge in [-0.1, -0.05) is 64.7 Å². The summed E-state index contributed by atoms with van der Waals surface area (Å²) >= 11 is 1.71. The SMILES string of the molecule is CCCCCCCCCCCCSc1cc(NC)c([N+](=O)[O-])cc1OC. The number of unbranched alkanes of at least 4 members (excludes halogenated alkanes) is 9. The number of nitrogens with zero attached hydrogens (tertiary/aromatic N) is 1. The summed E-state index contributed by atoms with van der Waals surface area (Å²) in [6.07, 6.45) is 13.2. The Morgan fingerprint density at radius 1 is 1.04 bits per heavy atom. The lowest BCUT2D eigenvalue weighted by Gasteiger charge is -2.11. The van der Waals surface area contributed by atoms with Crippen molar-refractivity contribution in [3.63, 3.8) is 0 Å². The molecule has 1 rings (SSSR count). The third-order valence-corrected chi connectivity index (χ3v) is 5.63. The van der Waals surface area contributed by atoms with Crippen molar-refractivity contribution in [1.82, 2.24) is 0 Å². The zero-order valence-electron chi connectivity index (χ0n) is 16.5. The number of thioether (sulfide) groups is 1. The molecule has 1 aromatic rings. The highest BCUT2D eigenvalue weighted by Crippen LogP contribution is 2.38. The van der Waals surface area contributed by atoms with Crippen LogP contribution in [0.1, 0.15) is 71.1 Å². The van der Waals surface area contributed by atoms with Gasteiger partial charge in [-0.3, -0.25) is 10.1 Å². The van der Waals surface area contributed by atoms with Gasteiger partial charge in [0.05, 0.1) is 23.0 Å². The van der Waals surface area contributed by atoms with E-state index in [0.29, 0.717) is 11.4 Å². The number of benzene rings is 1. The van der Waals surface area contributed by atoms with E-state index in [2.05, 4.69) is 12.2 Å². The molecule has 1 aromatic carbocycles. The van der Waals surface area contributed by atoms with E-state index >= 15 is 0 Å². The average molecular weight is 383 g/mol. The van der Waals surface area contributed by atoms with Gasteiger partial charge in [-0.05, 0) is 18.2 Å². The largest absolute Gasteiger partial charge is 0.495 e. The molecule has 0 saturated carbocycles. The van der Waals surface area contributed by atoms with Crippen LogP contribution in [0.3, 0.4) is 0 Å². The molecule has 0 radical (unpaired) electrons. The minimum absolute atomic E-state index is 0.0487. The summed E-state index contributed by atoms with van der Waals surface area (Å²) < 4.78 is 5.33. The van der Waals surface area contributed by atoms with Crippen LogP contribution in [0.5, 0.6) is 5.75 Å². The van der Waals surface area contributed by atoms with E-state index < -0.39 is 0 Å². The number of hydrogen-bond acceptors (Lipinski definition) is 5. The summed E-state index contributed by atoms with van der Waals surface area (Å²) in [5.74, 6) is 1.58. The van der Waals surface area contributed by atoms with E-state index in [-0.39, 0.29) is 10.6 Å². The number of anilines is 1. The molecule has 0 heterocycles. The fraction of sp³-hybridized carbons (Fsp3) is 0.700. The minimum atomic E-state index is -0.384. The second-order valence-electron chi connectivity index (χ2n) is 6.56. The van der Waals surface area contributed by atoms with Crippen LogP contribution < -0.4 is 10.1 Å². The molecule has 0 spiro atoms. The van der Waals surface area contributed by atoms with Gasteiger partial charge in [0, 0.05) is 7.05 Å². The van der Waals surface area contributed by atoms with Crippen molar-refractivity contribution in [2.45, 2.75) is 76.0 Å². The Hall–Kier alpha value is -1.43. The Kier molecular flexibility index (Phi) is 11.9. The van der Waals surface area contributed by atoms with Crippen LogP contribution in [0.2, 0.25) is 0 Å². The van der Waals surface area contributed by atoms with Crippen molar-refractivity contribution in [2.24, 2.45) is 0 Å². The smallest absolute Gasteiger partial charge is 0.296 e. The number of hydrogen-bond donors (Lipinski definition) is 1. The monoisotopic (exact) mass is 382 g/mol. The van der Waals surface area contributed by atoms with Crippen LogP contribution in [0, 0.1) is 10.1 Å². The third-order valence-electron chi connectivity index (χ3n) is 4.50. The van der Waals surface area contributed by atoms with Crippen LogP contribution in [-0.2, 0) is 0 Å². The van der Waals surface area contributed by atoms with Gasteiger partial charge in [-0.15, -0.1) is 11.8 Å². The van der Waals surface area contributed by atoms with Crippen LogP contribution >= 0.6 is 11.8 Å². The van der Waals surface area contributed by atoms with Crippen LogP contribution in [0.15, 0.2) is 17.0 Å². The molecular formula is C20H34N2O3S. The normalized spacial score (nSPS) is 10.7. The molecule has 6 heteroatoms. The van der Waals surface area contributed by atoms with Gasteiger partial charge in [0.1, 0.15) is 11.4 Å². The summed E-state index contributed by atoms with van der Waals surface area (Å²) in [5, 5.41) is 14.0. The van der Waals surface area contributed by atoms with Crippen molar-refractivity contribution in [3.05, 3.63) is 22.2 Å². The van der Waals surface area contributed by atoms with E-state index in [4.69, 9.17) is 4.74 Å². The molecule has 0 aliphatic heterocycles. The fourth-order valence-corrected chi connectivity index (χ4v) is 4.00. The molecule has 0 amide bonds. The van der Waals surface area contributed by atoms with Crippen molar-refractivity contribution >= 4 is 23.1 Å². The highest BCUT2D eigenvalue weighted by atomic mass is 32.2. The van der Waals surface area contributed by atoms with E-state index in [0.717, 1.165) is 17.1 Å². The predicted octanol–water partition coefficient (Wildman–Crippen LogP) is 6.66. The van der Waals surface area contributed by atoms with E-state index in [9.17, 15) is 10.1 Å². The molecule has 1 N–H and O–H groups in total. The molecule has 0 atom stereocenters. The second kappa shape index (κ2) is 13.7. The van der Waals surface area contributed by atoms with Crippen LogP contribution in [-0.4, -0.2) is 24.8 Å². The zero-order valence-corrected chi connectivity index (χ0v) is 17.3. The standard InChI is InChI=1S/C20H34N2O3S/c1-4-5-6-7-8-9-10-11-12-13-14-26-20-15-17(21-2)18(22(23)24)16-19(20)25-3/h15-16,21H,4-14H2,1-3H3. The first kappa shape index (κ1) is 22.6. The Morgan fingerprint density at radius 3 is 2.12 bits per heavy atom. The van der Waals surface area contributed by atoms with Crippen molar-refractivity contribution < 1.29 is 9.66 Å². The quantitative estimate of drug-likeness (QED) is 0.159. The molecule has 0 aromatic heterocycles. The van der Waals surface area contributed by atoms with Gasteiger partial charge in [-0.2, -0.15) is 0 Å². The van der Waals surface area contributed by atoms with Gasteiger partial charge < -0.3 is 10.1 Å². The van der Waals surface area contributed by atoms with Gasteiger partial charge >= 0.3 is 0 Å². The molecule has 0 saturated heterocycles. The maximum Gasteiger partial charge on any atom is 0.296 e. The number of nitro groups is 1. The topological polar surface area (TPSA) is 64.4 Å². The summed E-state index contributed by atoms with van der Waals surface area (Å²) in [6, 6.07) is 3.32. The van der Waals surface area contributed by atoms with Crippen LogP contribution in [0.25, 0.3) is 0 Å². The van der Waals surface area contributed by atoms with E-state index in [1.54, 1.807) is 25.9 Å². The summed E-state index contributed by atoms with van der Waals surface area (Å²) in [6.45, 7) is 2.25. The average Bonchev–Trinajstić information content (AvgIpc) is 2.65.